The number of amides is 2. The quantitative estimate of drug-likeness (QED) is 0.414. The summed E-state index contributed by atoms with van der Waals surface area (Å²) >= 11 is 5.73. The number of sulfonamides is 1. The first-order valence-electron chi connectivity index (χ1n) is 11.6. The third-order valence-corrected chi connectivity index (χ3v) is 8.10. The Labute approximate surface area is 222 Å². The number of alkyl halides is 3. The lowest BCUT2D eigenvalue weighted by atomic mass is 10.1. The zero-order valence-electron chi connectivity index (χ0n) is 19.9. The first-order valence-corrected chi connectivity index (χ1v) is 13.4. The highest BCUT2D eigenvalue weighted by Gasteiger charge is 2.35. The van der Waals surface area contributed by atoms with Gasteiger partial charge in [-0.15, -0.1) is 0 Å². The highest BCUT2D eigenvalue weighted by Crippen LogP contribution is 2.38. The number of nitrogens with one attached hydrogen (secondary N) is 1. The van der Waals surface area contributed by atoms with Crippen molar-refractivity contribution >= 4 is 44.8 Å². The third kappa shape index (κ3) is 5.94. The van der Waals surface area contributed by atoms with E-state index in [9.17, 15) is 31.2 Å². The van der Waals surface area contributed by atoms with Crippen molar-refractivity contribution < 1.29 is 31.2 Å². The molecule has 38 heavy (non-hydrogen) atoms. The van der Waals surface area contributed by atoms with E-state index in [1.165, 1.54) is 30.3 Å². The normalized spacial score (nSPS) is 13.8. The summed E-state index contributed by atoms with van der Waals surface area (Å²) in [6, 6.07) is 15.9. The average molecular weight is 566 g/mol. The molecule has 1 saturated heterocycles. The second-order valence-electron chi connectivity index (χ2n) is 8.58. The molecule has 7 nitrogen and oxygen atoms in total. The molecule has 0 atom stereocenters. The number of anilines is 2. The molecule has 0 bridgehead atoms. The summed E-state index contributed by atoms with van der Waals surface area (Å²) in [5.41, 5.74) is -1.25. The Morgan fingerprint density at radius 3 is 2.24 bits per heavy atom. The average Bonchev–Trinajstić information content (AvgIpc) is 3.43. The highest BCUT2D eigenvalue weighted by atomic mass is 35.5. The topological polar surface area (TPSA) is 86.8 Å². The van der Waals surface area contributed by atoms with Gasteiger partial charge in [0.1, 0.15) is 6.54 Å². The number of carbonyl (C=O) groups is 2. The fraction of sp³-hybridized carbons (Fsp3) is 0.231. The number of para-hydroxylation sites is 1. The molecule has 0 spiro atoms. The summed E-state index contributed by atoms with van der Waals surface area (Å²) in [5.74, 6) is -1.13. The first-order chi connectivity index (χ1) is 18.0. The zero-order valence-corrected chi connectivity index (χ0v) is 21.5. The van der Waals surface area contributed by atoms with E-state index in [-0.39, 0.29) is 22.1 Å². The number of benzene rings is 3. The Kier molecular flexibility index (Phi) is 7.98. The number of halogens is 4. The van der Waals surface area contributed by atoms with Gasteiger partial charge in [-0.25, -0.2) is 8.42 Å². The smallest absolute Gasteiger partial charge is 0.339 e. The monoisotopic (exact) mass is 565 g/mol. The molecular formula is C26H23ClF3N3O4S. The predicted octanol–water partition coefficient (Wildman–Crippen LogP) is 5.43. The van der Waals surface area contributed by atoms with Gasteiger partial charge in [0, 0.05) is 13.1 Å². The Bertz CT molecular complexity index is 1440. The van der Waals surface area contributed by atoms with E-state index in [4.69, 9.17) is 11.6 Å². The molecule has 12 heteroatoms. The molecule has 1 aliphatic rings. The molecule has 3 aromatic carbocycles. The van der Waals surface area contributed by atoms with E-state index in [1.807, 2.05) is 0 Å². The van der Waals surface area contributed by atoms with Gasteiger partial charge < -0.3 is 10.2 Å². The van der Waals surface area contributed by atoms with Crippen LogP contribution in [0.5, 0.6) is 0 Å². The summed E-state index contributed by atoms with van der Waals surface area (Å²) in [4.78, 5) is 27.5. The molecule has 4 rings (SSSR count). The van der Waals surface area contributed by atoms with Crippen molar-refractivity contribution in [1.29, 1.82) is 0 Å². The number of rotatable bonds is 7. The van der Waals surface area contributed by atoms with Gasteiger partial charge in [0.25, 0.3) is 15.9 Å². The zero-order chi connectivity index (χ0) is 27.5. The van der Waals surface area contributed by atoms with Crippen molar-refractivity contribution in [3.63, 3.8) is 0 Å². The first kappa shape index (κ1) is 27.5. The molecule has 1 fully saturated rings. The summed E-state index contributed by atoms with van der Waals surface area (Å²) in [5, 5.41) is 1.94. The van der Waals surface area contributed by atoms with E-state index >= 15 is 0 Å². The van der Waals surface area contributed by atoms with Crippen LogP contribution in [-0.2, 0) is 21.0 Å². The summed E-state index contributed by atoms with van der Waals surface area (Å²) in [7, 11) is -4.47. The van der Waals surface area contributed by atoms with Crippen LogP contribution in [0, 0.1) is 0 Å². The molecule has 0 aliphatic carbocycles. The minimum atomic E-state index is -4.85. The van der Waals surface area contributed by atoms with E-state index < -0.39 is 44.9 Å². The van der Waals surface area contributed by atoms with Crippen molar-refractivity contribution in [2.75, 3.05) is 29.3 Å². The van der Waals surface area contributed by atoms with Crippen LogP contribution in [0.4, 0.5) is 24.5 Å². The third-order valence-electron chi connectivity index (χ3n) is 5.99. The predicted molar refractivity (Wildman–Crippen MR) is 138 cm³/mol. The SMILES string of the molecule is O=C(CN(c1ccc(Cl)c(C(F)(F)F)c1)S(=O)(=O)c1ccccc1)Nc1ccccc1C(=O)N1CCCC1. The van der Waals surface area contributed by atoms with Crippen molar-refractivity contribution in [2.24, 2.45) is 0 Å². The van der Waals surface area contributed by atoms with Crippen LogP contribution in [0.3, 0.4) is 0 Å². The molecule has 1 N–H and O–H groups in total. The molecule has 0 aromatic heterocycles. The molecule has 1 heterocycles. The van der Waals surface area contributed by atoms with Crippen LogP contribution in [0.15, 0.2) is 77.7 Å². The van der Waals surface area contributed by atoms with E-state index in [2.05, 4.69) is 5.32 Å². The molecule has 0 saturated carbocycles. The second-order valence-corrected chi connectivity index (χ2v) is 10.8. The molecule has 2 amide bonds. The minimum absolute atomic E-state index is 0.165. The molecule has 1 aliphatic heterocycles. The van der Waals surface area contributed by atoms with Crippen LogP contribution in [0.2, 0.25) is 5.02 Å². The fourth-order valence-electron chi connectivity index (χ4n) is 4.11. The number of carbonyl (C=O) groups excluding carboxylic acids is 2. The summed E-state index contributed by atoms with van der Waals surface area (Å²) in [6.07, 6.45) is -3.12. The van der Waals surface area contributed by atoms with E-state index in [0.717, 1.165) is 25.0 Å². The maximum atomic E-state index is 13.5. The van der Waals surface area contributed by atoms with Crippen LogP contribution in [-0.4, -0.2) is 44.8 Å². The molecule has 0 radical (unpaired) electrons. The maximum absolute atomic E-state index is 13.5. The summed E-state index contributed by atoms with van der Waals surface area (Å²) < 4.78 is 68.2. The molecule has 0 unspecified atom stereocenters. The van der Waals surface area contributed by atoms with Crippen molar-refractivity contribution in [3.8, 4) is 0 Å². The van der Waals surface area contributed by atoms with Crippen molar-refractivity contribution in [3.05, 3.63) is 88.9 Å². The van der Waals surface area contributed by atoms with E-state index in [1.54, 1.807) is 29.2 Å². The number of likely N-dealkylation sites (tertiary alicyclic amines) is 1. The Balaban J connectivity index is 1.69. The highest BCUT2D eigenvalue weighted by molar-refractivity contribution is 7.92. The lowest BCUT2D eigenvalue weighted by Gasteiger charge is -2.25. The Morgan fingerprint density at radius 2 is 1.58 bits per heavy atom. The van der Waals surface area contributed by atoms with Gasteiger partial charge in [0.05, 0.1) is 32.4 Å². The van der Waals surface area contributed by atoms with Crippen LogP contribution in [0.25, 0.3) is 0 Å². The lowest BCUT2D eigenvalue weighted by molar-refractivity contribution is -0.137. The Morgan fingerprint density at radius 1 is 0.947 bits per heavy atom. The maximum Gasteiger partial charge on any atom is 0.417 e. The van der Waals surface area contributed by atoms with Crippen LogP contribution < -0.4 is 9.62 Å². The molecular weight excluding hydrogens is 543 g/mol. The lowest BCUT2D eigenvalue weighted by Crippen LogP contribution is -2.38. The van der Waals surface area contributed by atoms with Gasteiger partial charge in [0.15, 0.2) is 0 Å². The van der Waals surface area contributed by atoms with Gasteiger partial charge in [-0.05, 0) is 55.3 Å². The number of nitrogens with zero attached hydrogens (tertiary/aromatic N) is 2. The fourth-order valence-corrected chi connectivity index (χ4v) is 5.77. The molecule has 200 valence electrons. The van der Waals surface area contributed by atoms with Gasteiger partial charge >= 0.3 is 6.18 Å². The largest absolute Gasteiger partial charge is 0.417 e. The van der Waals surface area contributed by atoms with Crippen molar-refractivity contribution in [2.45, 2.75) is 23.9 Å². The van der Waals surface area contributed by atoms with Gasteiger partial charge in [-0.2, -0.15) is 13.2 Å². The Hall–Kier alpha value is -3.57. The van der Waals surface area contributed by atoms with Gasteiger partial charge in [-0.1, -0.05) is 41.9 Å². The summed E-state index contributed by atoms with van der Waals surface area (Å²) in [6.45, 7) is 0.313. The van der Waals surface area contributed by atoms with E-state index in [0.29, 0.717) is 23.5 Å². The van der Waals surface area contributed by atoms with Crippen LogP contribution >= 0.6 is 11.6 Å². The molecule has 3 aromatic rings. The second kappa shape index (κ2) is 11.0. The number of hydrogen-bond donors (Lipinski definition) is 1. The standard InChI is InChI=1S/C26H23ClF3N3O4S/c27-22-13-12-18(16-21(22)26(28,29)30)33(38(36,37)19-8-2-1-3-9-19)17-24(34)31-23-11-5-4-10-20(23)25(35)32-14-6-7-15-32/h1-5,8-13,16H,6-7,14-15,17H2,(H,31,34). The van der Waals surface area contributed by atoms with Crippen LogP contribution in [0.1, 0.15) is 28.8 Å². The minimum Gasteiger partial charge on any atom is -0.339 e. The van der Waals surface area contributed by atoms with Crippen molar-refractivity contribution in [1.82, 2.24) is 4.90 Å². The number of hydrogen-bond acceptors (Lipinski definition) is 4. The van der Waals surface area contributed by atoms with Gasteiger partial charge in [-0.3, -0.25) is 13.9 Å². The van der Waals surface area contributed by atoms with Gasteiger partial charge in [0.2, 0.25) is 5.91 Å².